The van der Waals surface area contributed by atoms with E-state index in [0.717, 1.165) is 37.3 Å². The minimum Gasteiger partial charge on any atom is -0.494 e. The summed E-state index contributed by atoms with van der Waals surface area (Å²) in [6.07, 6.45) is 6.43. The van der Waals surface area contributed by atoms with Gasteiger partial charge in [0.05, 0.1) is 19.0 Å². The minimum absolute atomic E-state index is 0.0819. The molecule has 1 saturated carbocycles. The molecular weight excluding hydrogens is 440 g/mol. The lowest BCUT2D eigenvalue weighted by atomic mass is 10.0. The topological polar surface area (TPSA) is 75.5 Å². The van der Waals surface area contributed by atoms with Crippen molar-refractivity contribution in [3.05, 3.63) is 58.9 Å². The number of carbonyl (C=O) groups is 1. The largest absolute Gasteiger partial charge is 0.494 e. The Balaban J connectivity index is 1.35. The molecule has 3 aromatic rings. The predicted molar refractivity (Wildman–Crippen MR) is 138 cm³/mol. The molecule has 2 aromatic carbocycles. The highest BCUT2D eigenvalue weighted by Crippen LogP contribution is 2.33. The summed E-state index contributed by atoms with van der Waals surface area (Å²) in [7, 11) is 1.61. The average molecular weight is 475 g/mol. The maximum absolute atomic E-state index is 13.4. The van der Waals surface area contributed by atoms with E-state index in [1.165, 1.54) is 35.2 Å². The van der Waals surface area contributed by atoms with E-state index in [0.29, 0.717) is 18.0 Å². The van der Waals surface area contributed by atoms with Gasteiger partial charge >= 0.3 is 6.03 Å². The number of urea groups is 1. The molecule has 35 heavy (non-hydrogen) atoms. The highest BCUT2D eigenvalue weighted by molar-refractivity contribution is 5.90. The van der Waals surface area contributed by atoms with Crippen LogP contribution in [0.25, 0.3) is 5.69 Å². The third-order valence-electron chi connectivity index (χ3n) is 6.98. The van der Waals surface area contributed by atoms with Gasteiger partial charge in [0.25, 0.3) is 0 Å². The first kappa shape index (κ1) is 23.2. The molecule has 2 amide bonds. The molecule has 8 nitrogen and oxygen atoms in total. The second-order valence-electron chi connectivity index (χ2n) is 9.74. The molecule has 2 aliphatic rings. The van der Waals surface area contributed by atoms with Gasteiger partial charge in [-0.1, -0.05) is 11.3 Å². The molecule has 1 N–H and O–H groups in total. The molecule has 8 heteroatoms. The van der Waals surface area contributed by atoms with E-state index < -0.39 is 0 Å². The fraction of sp³-hybridized carbons (Fsp3) is 0.444. The van der Waals surface area contributed by atoms with Crippen molar-refractivity contribution in [1.29, 1.82) is 0 Å². The third kappa shape index (κ3) is 4.97. The van der Waals surface area contributed by atoms with Gasteiger partial charge < -0.3 is 19.9 Å². The fourth-order valence-corrected chi connectivity index (χ4v) is 4.89. The summed E-state index contributed by atoms with van der Waals surface area (Å²) in [6, 6.07) is 10.4. The number of amides is 2. The lowest BCUT2D eigenvalue weighted by Crippen LogP contribution is -2.36. The fourth-order valence-electron chi connectivity index (χ4n) is 4.89. The summed E-state index contributed by atoms with van der Waals surface area (Å²) in [4.78, 5) is 17.9. The Hall–Kier alpha value is -3.55. The number of nitrogens with zero attached hydrogens (tertiary/aromatic N) is 5. The average Bonchev–Trinajstić information content (AvgIpc) is 3.34. The van der Waals surface area contributed by atoms with Gasteiger partial charge in [-0.25, -0.2) is 9.48 Å². The van der Waals surface area contributed by atoms with Gasteiger partial charge in [-0.15, -0.1) is 5.10 Å². The summed E-state index contributed by atoms with van der Waals surface area (Å²) in [5.41, 5.74) is 7.36. The zero-order valence-corrected chi connectivity index (χ0v) is 21.0. The Morgan fingerprint density at radius 1 is 1.09 bits per heavy atom. The van der Waals surface area contributed by atoms with Gasteiger partial charge in [-0.3, -0.25) is 0 Å². The number of hydrogen-bond acceptors (Lipinski definition) is 5. The summed E-state index contributed by atoms with van der Waals surface area (Å²) in [6.45, 7) is 9.06. The predicted octanol–water partition coefficient (Wildman–Crippen LogP) is 5.00. The van der Waals surface area contributed by atoms with Gasteiger partial charge in [-0.05, 0) is 81.3 Å². The van der Waals surface area contributed by atoms with Crippen molar-refractivity contribution in [1.82, 2.24) is 19.9 Å². The van der Waals surface area contributed by atoms with E-state index in [4.69, 9.17) is 4.74 Å². The van der Waals surface area contributed by atoms with Gasteiger partial charge in [0.1, 0.15) is 11.4 Å². The Morgan fingerprint density at radius 2 is 1.86 bits per heavy atom. The molecule has 1 saturated heterocycles. The number of aryl methyl sites for hydroxylation is 3. The Bertz CT molecular complexity index is 1230. The normalized spacial score (nSPS) is 15.4. The number of hydrogen-bond donors (Lipinski definition) is 1. The summed E-state index contributed by atoms with van der Waals surface area (Å²) in [5.74, 6) is 0.621. The van der Waals surface area contributed by atoms with E-state index in [-0.39, 0.29) is 12.1 Å². The Labute approximate surface area is 206 Å². The quantitative estimate of drug-likeness (QED) is 0.522. The van der Waals surface area contributed by atoms with Crippen molar-refractivity contribution in [3.8, 4) is 11.4 Å². The van der Waals surface area contributed by atoms with Crippen LogP contribution in [0, 0.1) is 20.8 Å². The van der Waals surface area contributed by atoms with Crippen molar-refractivity contribution >= 4 is 17.4 Å². The van der Waals surface area contributed by atoms with Crippen LogP contribution in [0.5, 0.6) is 5.75 Å². The molecule has 0 spiro atoms. The SMILES string of the molecule is COc1cc(NC(=O)N(Cc2cc(N3CCCC3)c(C)cc2C)C2CC2)ccc1-n1cc(C)nn1. The highest BCUT2D eigenvalue weighted by atomic mass is 16.5. The molecular formula is C27H34N6O2. The molecule has 2 heterocycles. The molecule has 1 aromatic heterocycles. The maximum Gasteiger partial charge on any atom is 0.322 e. The minimum atomic E-state index is -0.0819. The van der Waals surface area contributed by atoms with Crippen LogP contribution in [0.1, 0.15) is 48.1 Å². The van der Waals surface area contributed by atoms with Crippen LogP contribution in [0.4, 0.5) is 16.2 Å². The molecule has 5 rings (SSSR count). The molecule has 0 atom stereocenters. The van der Waals surface area contributed by atoms with E-state index in [1.807, 2.05) is 36.2 Å². The van der Waals surface area contributed by atoms with E-state index in [2.05, 4.69) is 46.5 Å². The number of benzene rings is 2. The first-order valence-corrected chi connectivity index (χ1v) is 12.4. The first-order valence-electron chi connectivity index (χ1n) is 12.4. The van der Waals surface area contributed by atoms with E-state index in [1.54, 1.807) is 11.8 Å². The zero-order valence-electron chi connectivity index (χ0n) is 21.0. The van der Waals surface area contributed by atoms with Gasteiger partial charge in [-0.2, -0.15) is 0 Å². The van der Waals surface area contributed by atoms with E-state index in [9.17, 15) is 4.79 Å². The standard InChI is InChI=1S/C27H34N6O2/c1-18-13-19(2)25(31-11-5-6-12-31)14-21(18)17-32(23-8-9-23)27(34)28-22-7-10-24(26(15-22)35-4)33-16-20(3)29-30-33/h7,10,13-16,23H,5-6,8-9,11-12,17H2,1-4H3,(H,28,34). The molecule has 2 fully saturated rings. The van der Waals surface area contributed by atoms with Crippen LogP contribution < -0.4 is 15.0 Å². The monoisotopic (exact) mass is 474 g/mol. The molecule has 1 aliphatic carbocycles. The van der Waals surface area contributed by atoms with Crippen molar-refractivity contribution in [2.75, 3.05) is 30.4 Å². The smallest absolute Gasteiger partial charge is 0.322 e. The van der Waals surface area contributed by atoms with Crippen molar-refractivity contribution in [2.45, 2.75) is 59.0 Å². The number of methoxy groups -OCH3 is 1. The van der Waals surface area contributed by atoms with Crippen LogP contribution in [-0.2, 0) is 6.54 Å². The number of anilines is 2. The molecule has 0 radical (unpaired) electrons. The van der Waals surface area contributed by atoms with Crippen LogP contribution in [0.15, 0.2) is 36.5 Å². The van der Waals surface area contributed by atoms with Crippen molar-refractivity contribution < 1.29 is 9.53 Å². The van der Waals surface area contributed by atoms with Crippen LogP contribution in [-0.4, -0.2) is 52.2 Å². The number of carbonyl (C=O) groups excluding carboxylic acids is 1. The first-order chi connectivity index (χ1) is 16.9. The van der Waals surface area contributed by atoms with Crippen LogP contribution in [0.3, 0.4) is 0 Å². The molecule has 1 aliphatic heterocycles. The zero-order chi connectivity index (χ0) is 24.5. The highest BCUT2D eigenvalue weighted by Gasteiger charge is 2.33. The van der Waals surface area contributed by atoms with Crippen LogP contribution in [0.2, 0.25) is 0 Å². The Kier molecular flexibility index (Phi) is 6.36. The molecule has 0 unspecified atom stereocenters. The summed E-state index contributed by atoms with van der Waals surface area (Å²) in [5, 5.41) is 11.3. The second-order valence-corrected chi connectivity index (χ2v) is 9.74. The lowest BCUT2D eigenvalue weighted by Gasteiger charge is -2.26. The number of ether oxygens (including phenoxy) is 1. The number of aromatic nitrogens is 3. The van der Waals surface area contributed by atoms with Crippen molar-refractivity contribution in [2.24, 2.45) is 0 Å². The van der Waals surface area contributed by atoms with Crippen molar-refractivity contribution in [3.63, 3.8) is 0 Å². The molecule has 184 valence electrons. The maximum atomic E-state index is 13.4. The Morgan fingerprint density at radius 3 is 2.51 bits per heavy atom. The van der Waals surface area contributed by atoms with Gasteiger partial charge in [0.2, 0.25) is 0 Å². The summed E-state index contributed by atoms with van der Waals surface area (Å²) >= 11 is 0. The second kappa shape index (κ2) is 9.60. The number of rotatable bonds is 7. The molecule has 0 bridgehead atoms. The number of nitrogens with one attached hydrogen (secondary N) is 1. The summed E-state index contributed by atoms with van der Waals surface area (Å²) < 4.78 is 7.25. The lowest BCUT2D eigenvalue weighted by molar-refractivity contribution is 0.206. The van der Waals surface area contributed by atoms with Gasteiger partial charge in [0.15, 0.2) is 0 Å². The van der Waals surface area contributed by atoms with E-state index >= 15 is 0 Å². The van der Waals surface area contributed by atoms with Gasteiger partial charge in [0, 0.05) is 43.1 Å². The third-order valence-corrected chi connectivity index (χ3v) is 6.98. The van der Waals surface area contributed by atoms with Crippen LogP contribution >= 0.6 is 0 Å².